The normalized spacial score (nSPS) is 11.3. The number of hydrogen-bond acceptors (Lipinski definition) is 5. The summed E-state index contributed by atoms with van der Waals surface area (Å²) in [6, 6.07) is 10.7. The Morgan fingerprint density at radius 2 is 1.87 bits per heavy atom. The van der Waals surface area contributed by atoms with E-state index < -0.39 is 9.84 Å². The van der Waals surface area contributed by atoms with Crippen LogP contribution in [0, 0.1) is 0 Å². The number of anilines is 1. The summed E-state index contributed by atoms with van der Waals surface area (Å²) in [6.07, 6.45) is 8.01. The molecule has 6 heteroatoms. The molecular weight excluding hydrogens is 312 g/mol. The number of nitrogens with zero attached hydrogens (tertiary/aromatic N) is 1. The number of hydrogen-bond donors (Lipinski definition) is 1. The van der Waals surface area contributed by atoms with Crippen molar-refractivity contribution in [2.75, 3.05) is 11.6 Å². The highest BCUT2D eigenvalue weighted by atomic mass is 32.2. The van der Waals surface area contributed by atoms with Crippen molar-refractivity contribution < 1.29 is 12.8 Å². The Labute approximate surface area is 134 Å². The molecule has 0 spiro atoms. The van der Waals surface area contributed by atoms with E-state index in [0.717, 1.165) is 22.4 Å². The standard InChI is InChI=1S/C17H16N2O3S/c1-23(20,21)17-4-2-14(3-5-17)15-8-16(11-18-10-15)19-9-13-6-7-22-12-13/h2-8,10-12,19H,9H2,1H3. The van der Waals surface area contributed by atoms with E-state index in [9.17, 15) is 8.42 Å². The summed E-state index contributed by atoms with van der Waals surface area (Å²) in [6.45, 7) is 0.647. The van der Waals surface area contributed by atoms with Gasteiger partial charge in [0.25, 0.3) is 0 Å². The van der Waals surface area contributed by atoms with E-state index in [0.29, 0.717) is 11.4 Å². The van der Waals surface area contributed by atoms with Gasteiger partial charge in [-0.1, -0.05) is 12.1 Å². The van der Waals surface area contributed by atoms with Gasteiger partial charge in [0.2, 0.25) is 0 Å². The van der Waals surface area contributed by atoms with E-state index in [1.165, 1.54) is 6.26 Å². The summed E-state index contributed by atoms with van der Waals surface area (Å²) in [5, 5.41) is 3.27. The molecule has 0 aliphatic heterocycles. The van der Waals surface area contributed by atoms with Crippen LogP contribution in [0.25, 0.3) is 11.1 Å². The van der Waals surface area contributed by atoms with Crippen LogP contribution in [0.1, 0.15) is 5.56 Å². The van der Waals surface area contributed by atoms with Gasteiger partial charge in [-0.25, -0.2) is 8.42 Å². The van der Waals surface area contributed by atoms with Crippen molar-refractivity contribution in [3.05, 3.63) is 66.9 Å². The molecule has 0 radical (unpaired) electrons. The average Bonchev–Trinajstić information content (AvgIpc) is 3.06. The molecule has 1 aromatic carbocycles. The lowest BCUT2D eigenvalue weighted by molar-refractivity contribution is 0.564. The molecule has 3 rings (SSSR count). The Morgan fingerprint density at radius 3 is 2.52 bits per heavy atom. The fourth-order valence-corrected chi connectivity index (χ4v) is 2.82. The molecule has 118 valence electrons. The topological polar surface area (TPSA) is 72.2 Å². The second-order valence-corrected chi connectivity index (χ2v) is 7.26. The summed E-state index contributed by atoms with van der Waals surface area (Å²) in [5.74, 6) is 0. The first kappa shape index (κ1) is 15.3. The minimum atomic E-state index is -3.18. The molecule has 0 saturated carbocycles. The monoisotopic (exact) mass is 328 g/mol. The van der Waals surface area contributed by atoms with Crippen molar-refractivity contribution in [2.45, 2.75) is 11.4 Å². The summed E-state index contributed by atoms with van der Waals surface area (Å²) in [7, 11) is -3.18. The van der Waals surface area contributed by atoms with Gasteiger partial charge in [-0.15, -0.1) is 0 Å². The number of aromatic nitrogens is 1. The highest BCUT2D eigenvalue weighted by Gasteiger charge is 2.07. The fourth-order valence-electron chi connectivity index (χ4n) is 2.19. The second-order valence-electron chi connectivity index (χ2n) is 5.24. The predicted octanol–water partition coefficient (Wildman–Crippen LogP) is 3.36. The van der Waals surface area contributed by atoms with Crippen LogP contribution in [0.3, 0.4) is 0 Å². The quantitative estimate of drug-likeness (QED) is 0.777. The third-order valence-corrected chi connectivity index (χ3v) is 4.56. The van der Waals surface area contributed by atoms with Crippen LogP contribution in [-0.2, 0) is 16.4 Å². The van der Waals surface area contributed by atoms with Gasteiger partial charge >= 0.3 is 0 Å². The number of benzene rings is 1. The van der Waals surface area contributed by atoms with E-state index in [4.69, 9.17) is 4.42 Å². The van der Waals surface area contributed by atoms with Crippen molar-refractivity contribution >= 4 is 15.5 Å². The maximum atomic E-state index is 11.5. The van der Waals surface area contributed by atoms with Crippen molar-refractivity contribution in [3.63, 3.8) is 0 Å². The van der Waals surface area contributed by atoms with Gasteiger partial charge < -0.3 is 9.73 Å². The molecule has 0 atom stereocenters. The number of pyridine rings is 1. The molecule has 5 nitrogen and oxygen atoms in total. The molecule has 2 aromatic heterocycles. The first-order chi connectivity index (χ1) is 11.0. The Morgan fingerprint density at radius 1 is 1.09 bits per heavy atom. The third-order valence-electron chi connectivity index (χ3n) is 3.43. The minimum Gasteiger partial charge on any atom is -0.472 e. The lowest BCUT2D eigenvalue weighted by Crippen LogP contribution is -1.99. The summed E-state index contributed by atoms with van der Waals surface area (Å²) in [5.41, 5.74) is 3.77. The summed E-state index contributed by atoms with van der Waals surface area (Å²) >= 11 is 0. The molecule has 0 bridgehead atoms. The van der Waals surface area contributed by atoms with E-state index in [1.807, 2.05) is 12.1 Å². The highest BCUT2D eigenvalue weighted by molar-refractivity contribution is 7.90. The Kier molecular flexibility index (Phi) is 4.16. The molecule has 0 fully saturated rings. The second kappa shape index (κ2) is 6.26. The summed E-state index contributed by atoms with van der Waals surface area (Å²) in [4.78, 5) is 4.54. The molecular formula is C17H16N2O3S. The van der Waals surface area contributed by atoms with Crippen LogP contribution in [0.2, 0.25) is 0 Å². The molecule has 0 amide bonds. The van der Waals surface area contributed by atoms with E-state index in [2.05, 4.69) is 10.3 Å². The maximum absolute atomic E-state index is 11.5. The largest absolute Gasteiger partial charge is 0.472 e. The predicted molar refractivity (Wildman–Crippen MR) is 88.8 cm³/mol. The van der Waals surface area contributed by atoms with Gasteiger partial charge in [-0.3, -0.25) is 4.98 Å². The zero-order valence-corrected chi connectivity index (χ0v) is 13.4. The van der Waals surface area contributed by atoms with Crippen LogP contribution in [-0.4, -0.2) is 19.7 Å². The van der Waals surface area contributed by atoms with E-state index >= 15 is 0 Å². The van der Waals surface area contributed by atoms with E-state index in [-0.39, 0.29) is 0 Å². The smallest absolute Gasteiger partial charge is 0.175 e. The van der Waals surface area contributed by atoms with Crippen LogP contribution < -0.4 is 5.32 Å². The SMILES string of the molecule is CS(=O)(=O)c1ccc(-c2cncc(NCc3ccoc3)c2)cc1. The molecule has 0 aliphatic carbocycles. The Balaban J connectivity index is 1.79. The number of sulfone groups is 1. The molecule has 3 aromatic rings. The van der Waals surface area contributed by atoms with Gasteiger partial charge in [0.1, 0.15) is 0 Å². The summed E-state index contributed by atoms with van der Waals surface area (Å²) < 4.78 is 28.0. The third kappa shape index (κ3) is 3.78. The lowest BCUT2D eigenvalue weighted by Gasteiger charge is -2.07. The van der Waals surface area contributed by atoms with Crippen LogP contribution in [0.15, 0.2) is 70.6 Å². The highest BCUT2D eigenvalue weighted by Crippen LogP contribution is 2.23. The average molecular weight is 328 g/mol. The van der Waals surface area contributed by atoms with Gasteiger partial charge in [-0.05, 0) is 29.8 Å². The van der Waals surface area contributed by atoms with Crippen molar-refractivity contribution in [2.24, 2.45) is 0 Å². The molecule has 2 heterocycles. The first-order valence-electron chi connectivity index (χ1n) is 7.03. The number of furan rings is 1. The zero-order valence-electron chi connectivity index (χ0n) is 12.6. The lowest BCUT2D eigenvalue weighted by atomic mass is 10.1. The van der Waals surface area contributed by atoms with Gasteiger partial charge in [0.05, 0.1) is 23.1 Å². The minimum absolute atomic E-state index is 0.309. The van der Waals surface area contributed by atoms with Gasteiger partial charge in [0, 0.05) is 36.3 Å². The van der Waals surface area contributed by atoms with Crippen molar-refractivity contribution in [1.29, 1.82) is 0 Å². The van der Waals surface area contributed by atoms with E-state index in [1.54, 1.807) is 49.2 Å². The van der Waals surface area contributed by atoms with Crippen LogP contribution in [0.5, 0.6) is 0 Å². The van der Waals surface area contributed by atoms with Crippen LogP contribution in [0.4, 0.5) is 5.69 Å². The molecule has 0 saturated heterocycles. The van der Waals surface area contributed by atoms with Crippen molar-refractivity contribution in [3.8, 4) is 11.1 Å². The first-order valence-corrected chi connectivity index (χ1v) is 8.92. The molecule has 0 unspecified atom stereocenters. The van der Waals surface area contributed by atoms with Gasteiger partial charge in [-0.2, -0.15) is 0 Å². The van der Waals surface area contributed by atoms with Crippen molar-refractivity contribution in [1.82, 2.24) is 4.98 Å². The molecule has 1 N–H and O–H groups in total. The molecule has 0 aliphatic rings. The Hall–Kier alpha value is -2.60. The maximum Gasteiger partial charge on any atom is 0.175 e. The fraction of sp³-hybridized carbons (Fsp3) is 0.118. The van der Waals surface area contributed by atoms with Gasteiger partial charge in [0.15, 0.2) is 9.84 Å². The zero-order chi connectivity index (χ0) is 16.3. The van der Waals surface area contributed by atoms with Crippen LogP contribution >= 0.6 is 0 Å². The number of rotatable bonds is 5. The molecule has 23 heavy (non-hydrogen) atoms. The number of nitrogens with one attached hydrogen (secondary N) is 1. The Bertz CT molecular complexity index is 886.